The van der Waals surface area contributed by atoms with Gasteiger partial charge in [0.2, 0.25) is 0 Å². The molecule has 3 rings (SSSR count). The minimum absolute atomic E-state index is 0.249. The van der Waals surface area contributed by atoms with E-state index in [0.29, 0.717) is 0 Å². The van der Waals surface area contributed by atoms with Crippen LogP contribution in [0.1, 0.15) is 11.3 Å². The Hall–Kier alpha value is -3.67. The number of benzene rings is 1. The second-order valence-electron chi connectivity index (χ2n) is 6.43. The maximum Gasteiger partial charge on any atom is 0.268 e. The SMILES string of the molecule is CN(C)c1ccc(/C=C(\C(=O)NCc2ccccn2)n2ccccc2=O)cc1. The quantitative estimate of drug-likeness (QED) is 0.674. The number of hydrogen-bond acceptors (Lipinski definition) is 4. The largest absolute Gasteiger partial charge is 0.378 e. The van der Waals surface area contributed by atoms with Crippen molar-refractivity contribution in [3.8, 4) is 0 Å². The van der Waals surface area contributed by atoms with Gasteiger partial charge in [0.1, 0.15) is 5.70 Å². The van der Waals surface area contributed by atoms with Crippen molar-refractivity contribution >= 4 is 23.4 Å². The monoisotopic (exact) mass is 374 g/mol. The number of carbonyl (C=O) groups excluding carboxylic acids is 1. The Morgan fingerprint density at radius 2 is 1.82 bits per heavy atom. The molecule has 28 heavy (non-hydrogen) atoms. The predicted octanol–water partition coefficient (Wildman–Crippen LogP) is 2.62. The zero-order valence-electron chi connectivity index (χ0n) is 15.9. The lowest BCUT2D eigenvalue weighted by molar-refractivity contribution is -0.116. The third kappa shape index (κ3) is 4.73. The minimum atomic E-state index is -0.351. The molecule has 6 nitrogen and oxygen atoms in total. The molecular weight excluding hydrogens is 352 g/mol. The van der Waals surface area contributed by atoms with E-state index in [0.717, 1.165) is 16.9 Å². The Morgan fingerprint density at radius 3 is 2.46 bits per heavy atom. The first-order chi connectivity index (χ1) is 13.5. The number of hydrogen-bond donors (Lipinski definition) is 1. The summed E-state index contributed by atoms with van der Waals surface area (Å²) >= 11 is 0. The van der Waals surface area contributed by atoms with E-state index in [4.69, 9.17) is 0 Å². The van der Waals surface area contributed by atoms with Crippen LogP contribution in [0.5, 0.6) is 0 Å². The van der Waals surface area contributed by atoms with Gasteiger partial charge in [-0.25, -0.2) is 0 Å². The topological polar surface area (TPSA) is 67.2 Å². The fraction of sp³-hybridized carbons (Fsp3) is 0.136. The molecule has 0 aliphatic rings. The lowest BCUT2D eigenvalue weighted by Crippen LogP contribution is -2.30. The number of rotatable bonds is 6. The van der Waals surface area contributed by atoms with Gasteiger partial charge in [-0.2, -0.15) is 0 Å². The van der Waals surface area contributed by atoms with Crippen LogP contribution in [-0.2, 0) is 11.3 Å². The van der Waals surface area contributed by atoms with Crippen LogP contribution in [0.15, 0.2) is 77.9 Å². The first-order valence-electron chi connectivity index (χ1n) is 8.90. The molecule has 142 valence electrons. The van der Waals surface area contributed by atoms with Gasteiger partial charge < -0.3 is 10.2 Å². The average molecular weight is 374 g/mol. The standard InChI is InChI=1S/C22H22N4O2/c1-25(2)19-11-9-17(10-12-19)15-20(26-14-6-4-8-21(26)27)22(28)24-16-18-7-3-5-13-23-18/h3-15H,16H2,1-2H3,(H,24,28)/b20-15+. The van der Waals surface area contributed by atoms with Crippen molar-refractivity contribution in [3.63, 3.8) is 0 Å². The Labute approximate surface area is 163 Å². The Bertz CT molecular complexity index is 1020. The number of pyridine rings is 2. The Balaban J connectivity index is 1.92. The van der Waals surface area contributed by atoms with Gasteiger partial charge in [-0.3, -0.25) is 19.1 Å². The summed E-state index contributed by atoms with van der Waals surface area (Å²) in [4.78, 5) is 31.4. The average Bonchev–Trinajstić information content (AvgIpc) is 2.72. The molecule has 1 amide bonds. The van der Waals surface area contributed by atoms with Crippen molar-refractivity contribution in [1.29, 1.82) is 0 Å². The molecule has 1 N–H and O–H groups in total. The lowest BCUT2D eigenvalue weighted by Gasteiger charge is -2.13. The molecule has 2 heterocycles. The zero-order valence-corrected chi connectivity index (χ0v) is 15.9. The van der Waals surface area contributed by atoms with Crippen LogP contribution in [0.2, 0.25) is 0 Å². The van der Waals surface area contributed by atoms with E-state index in [9.17, 15) is 9.59 Å². The van der Waals surface area contributed by atoms with Crippen molar-refractivity contribution in [2.24, 2.45) is 0 Å². The van der Waals surface area contributed by atoms with E-state index in [1.54, 1.807) is 30.6 Å². The smallest absolute Gasteiger partial charge is 0.268 e. The summed E-state index contributed by atoms with van der Waals surface area (Å²) in [6, 6.07) is 18.0. The van der Waals surface area contributed by atoms with Crippen molar-refractivity contribution in [2.75, 3.05) is 19.0 Å². The molecule has 3 aromatic rings. The lowest BCUT2D eigenvalue weighted by atomic mass is 10.1. The summed E-state index contributed by atoms with van der Waals surface area (Å²) in [7, 11) is 3.93. The normalized spacial score (nSPS) is 11.1. The number of nitrogens with zero attached hydrogens (tertiary/aromatic N) is 3. The second kappa shape index (κ2) is 8.81. The highest BCUT2D eigenvalue weighted by Gasteiger charge is 2.13. The highest BCUT2D eigenvalue weighted by Crippen LogP contribution is 2.16. The van der Waals surface area contributed by atoms with Crippen LogP contribution in [0.4, 0.5) is 5.69 Å². The van der Waals surface area contributed by atoms with Crippen LogP contribution >= 0.6 is 0 Å². The van der Waals surface area contributed by atoms with Gasteiger partial charge in [-0.05, 0) is 42.0 Å². The van der Waals surface area contributed by atoms with E-state index >= 15 is 0 Å². The molecule has 6 heteroatoms. The van der Waals surface area contributed by atoms with Gasteiger partial charge in [-0.1, -0.05) is 24.3 Å². The van der Waals surface area contributed by atoms with Crippen molar-refractivity contribution in [2.45, 2.75) is 6.54 Å². The summed E-state index contributed by atoms with van der Waals surface area (Å²) < 4.78 is 1.34. The predicted molar refractivity (Wildman–Crippen MR) is 112 cm³/mol. The maximum atomic E-state index is 12.9. The van der Waals surface area contributed by atoms with Crippen LogP contribution in [0, 0.1) is 0 Å². The van der Waals surface area contributed by atoms with Gasteiger partial charge in [0.25, 0.3) is 11.5 Å². The Morgan fingerprint density at radius 1 is 1.07 bits per heavy atom. The molecule has 0 aliphatic carbocycles. The Kier molecular flexibility index (Phi) is 6.01. The molecule has 0 unspecified atom stereocenters. The number of amides is 1. The summed E-state index contributed by atoms with van der Waals surface area (Å²) in [6.45, 7) is 0.276. The van der Waals surface area contributed by atoms with Crippen molar-refractivity contribution in [3.05, 3.63) is 94.7 Å². The molecule has 0 aliphatic heterocycles. The van der Waals surface area contributed by atoms with E-state index in [1.807, 2.05) is 61.5 Å². The molecule has 2 aromatic heterocycles. The summed E-state index contributed by atoms with van der Waals surface area (Å²) in [5, 5.41) is 2.84. The highest BCUT2D eigenvalue weighted by molar-refractivity contribution is 6.18. The molecule has 0 saturated heterocycles. The number of nitrogens with one attached hydrogen (secondary N) is 1. The fourth-order valence-corrected chi connectivity index (χ4v) is 2.66. The van der Waals surface area contributed by atoms with Gasteiger partial charge in [0, 0.05) is 38.2 Å². The van der Waals surface area contributed by atoms with Crippen molar-refractivity contribution < 1.29 is 4.79 Å². The summed E-state index contributed by atoms with van der Waals surface area (Å²) in [5.41, 5.74) is 2.59. The van der Waals surface area contributed by atoms with Gasteiger partial charge in [0.05, 0.1) is 12.2 Å². The highest BCUT2D eigenvalue weighted by atomic mass is 16.2. The van der Waals surface area contributed by atoms with E-state index < -0.39 is 0 Å². The fourth-order valence-electron chi connectivity index (χ4n) is 2.66. The number of anilines is 1. The van der Waals surface area contributed by atoms with Gasteiger partial charge >= 0.3 is 0 Å². The van der Waals surface area contributed by atoms with Crippen LogP contribution < -0.4 is 15.8 Å². The first-order valence-corrected chi connectivity index (χ1v) is 8.90. The van der Waals surface area contributed by atoms with Gasteiger partial charge in [0.15, 0.2) is 0 Å². The molecule has 0 spiro atoms. The van der Waals surface area contributed by atoms with E-state index in [-0.39, 0.29) is 23.7 Å². The molecule has 0 fully saturated rings. The van der Waals surface area contributed by atoms with Crippen molar-refractivity contribution in [1.82, 2.24) is 14.9 Å². The minimum Gasteiger partial charge on any atom is -0.378 e. The summed E-state index contributed by atoms with van der Waals surface area (Å²) in [5.74, 6) is -0.351. The number of carbonyl (C=O) groups is 1. The van der Waals surface area contributed by atoms with E-state index in [2.05, 4.69) is 10.3 Å². The molecule has 1 aromatic carbocycles. The van der Waals surface area contributed by atoms with Crippen LogP contribution in [0.3, 0.4) is 0 Å². The third-order valence-corrected chi connectivity index (χ3v) is 4.18. The molecule has 0 radical (unpaired) electrons. The van der Waals surface area contributed by atoms with E-state index in [1.165, 1.54) is 10.6 Å². The molecular formula is C22H22N4O2. The summed E-state index contributed by atoms with van der Waals surface area (Å²) in [6.07, 6.45) is 4.96. The molecule has 0 saturated carbocycles. The maximum absolute atomic E-state index is 12.9. The van der Waals surface area contributed by atoms with Gasteiger partial charge in [-0.15, -0.1) is 0 Å². The second-order valence-corrected chi connectivity index (χ2v) is 6.43. The van der Waals surface area contributed by atoms with Crippen LogP contribution in [-0.4, -0.2) is 29.6 Å². The zero-order chi connectivity index (χ0) is 19.9. The van der Waals surface area contributed by atoms with Crippen LogP contribution in [0.25, 0.3) is 11.8 Å². The molecule has 0 atom stereocenters. The third-order valence-electron chi connectivity index (χ3n) is 4.18. The number of aromatic nitrogens is 2. The molecule has 0 bridgehead atoms. The first kappa shape index (κ1) is 19.1.